The smallest absolute Gasteiger partial charge is 0.108 e. The molecule has 2 heteroatoms. The average Bonchev–Trinajstić information content (AvgIpc) is 2.31. The fourth-order valence-corrected chi connectivity index (χ4v) is 2.39. The van der Waals surface area contributed by atoms with Crippen LogP contribution in [0.3, 0.4) is 0 Å². The molecule has 0 rings (SSSR count). The van der Waals surface area contributed by atoms with E-state index >= 15 is 0 Å². The zero-order valence-corrected chi connectivity index (χ0v) is 13.3. The number of quaternary nitrogens is 1. The van der Waals surface area contributed by atoms with Crippen LogP contribution in [0.25, 0.3) is 0 Å². The Kier molecular flexibility index (Phi) is 11.9. The summed E-state index contributed by atoms with van der Waals surface area (Å²) in [7, 11) is 4.30. The standard InChI is InChI=1S/C16H36NO/c1-5-7-8-9-10-11-12-13-14-15-16-17(3,4)18-6-2/h5-16H2,1-4H3/q+1. The lowest BCUT2D eigenvalue weighted by molar-refractivity contribution is -1.08. The van der Waals surface area contributed by atoms with Crippen LogP contribution in [0.15, 0.2) is 0 Å². The van der Waals surface area contributed by atoms with Gasteiger partial charge in [0.25, 0.3) is 0 Å². The Labute approximate surface area is 115 Å². The molecular formula is C16H36NO+. The van der Waals surface area contributed by atoms with Gasteiger partial charge in [0.2, 0.25) is 0 Å². The maximum atomic E-state index is 5.65. The summed E-state index contributed by atoms with van der Waals surface area (Å²) in [6.07, 6.45) is 14.0. The molecule has 110 valence electrons. The van der Waals surface area contributed by atoms with Crippen LogP contribution in [0.1, 0.15) is 78.1 Å². The predicted molar refractivity (Wildman–Crippen MR) is 80.4 cm³/mol. The Morgan fingerprint density at radius 3 is 1.56 bits per heavy atom. The molecule has 0 aliphatic rings. The first-order valence-electron chi connectivity index (χ1n) is 8.10. The Morgan fingerprint density at radius 2 is 1.11 bits per heavy atom. The topological polar surface area (TPSA) is 9.23 Å². The highest BCUT2D eigenvalue weighted by molar-refractivity contribution is 4.47. The van der Waals surface area contributed by atoms with Crippen LogP contribution < -0.4 is 0 Å². The molecule has 0 N–H and O–H groups in total. The van der Waals surface area contributed by atoms with Crippen LogP contribution in [0, 0.1) is 0 Å². The molecule has 0 heterocycles. The van der Waals surface area contributed by atoms with Gasteiger partial charge in [-0.25, -0.2) is 4.84 Å². The van der Waals surface area contributed by atoms with Gasteiger partial charge in [0.1, 0.15) is 13.2 Å². The molecule has 18 heavy (non-hydrogen) atoms. The van der Waals surface area contributed by atoms with Gasteiger partial charge in [-0.2, -0.15) is 4.65 Å². The van der Waals surface area contributed by atoms with Crippen LogP contribution in [-0.2, 0) is 4.84 Å². The van der Waals surface area contributed by atoms with Crippen molar-refractivity contribution in [3.63, 3.8) is 0 Å². The molecule has 0 atom stereocenters. The third kappa shape index (κ3) is 12.4. The molecule has 0 aliphatic heterocycles. The van der Waals surface area contributed by atoms with E-state index in [1.165, 1.54) is 64.2 Å². The van der Waals surface area contributed by atoms with Crippen molar-refractivity contribution < 1.29 is 9.48 Å². The molecule has 0 unspecified atom stereocenters. The van der Waals surface area contributed by atoms with E-state index in [0.717, 1.165) is 13.2 Å². The van der Waals surface area contributed by atoms with Crippen LogP contribution >= 0.6 is 0 Å². The molecule has 0 aromatic heterocycles. The van der Waals surface area contributed by atoms with Gasteiger partial charge in [-0.1, -0.05) is 58.3 Å². The minimum atomic E-state index is 0.716. The van der Waals surface area contributed by atoms with Gasteiger partial charge in [0, 0.05) is 0 Å². The first-order chi connectivity index (χ1) is 8.62. The van der Waals surface area contributed by atoms with Crippen LogP contribution in [0.5, 0.6) is 0 Å². The zero-order valence-electron chi connectivity index (χ0n) is 13.3. The average molecular weight is 258 g/mol. The lowest BCUT2D eigenvalue weighted by atomic mass is 10.1. The Hall–Kier alpha value is -0.0800. The van der Waals surface area contributed by atoms with Gasteiger partial charge >= 0.3 is 0 Å². The number of nitrogens with zero attached hydrogens (tertiary/aromatic N) is 1. The highest BCUT2D eigenvalue weighted by atomic mass is 16.7. The fraction of sp³-hybridized carbons (Fsp3) is 1.00. The molecule has 0 saturated carbocycles. The summed E-state index contributed by atoms with van der Waals surface area (Å²) in [5, 5.41) is 0. The maximum absolute atomic E-state index is 5.65. The molecule has 0 bridgehead atoms. The van der Waals surface area contributed by atoms with Gasteiger partial charge in [-0.3, -0.25) is 0 Å². The number of hydrogen-bond donors (Lipinski definition) is 0. The molecule has 2 nitrogen and oxygen atoms in total. The lowest BCUT2D eigenvalue weighted by Crippen LogP contribution is -2.40. The van der Waals surface area contributed by atoms with E-state index < -0.39 is 0 Å². The van der Waals surface area contributed by atoms with E-state index in [2.05, 4.69) is 27.9 Å². The number of rotatable bonds is 13. The molecule has 0 aromatic rings. The maximum Gasteiger partial charge on any atom is 0.108 e. The summed E-state index contributed by atoms with van der Waals surface area (Å²) in [6, 6.07) is 0. The van der Waals surface area contributed by atoms with Crippen molar-refractivity contribution in [3.8, 4) is 0 Å². The van der Waals surface area contributed by atoms with Gasteiger partial charge in [0.15, 0.2) is 0 Å². The summed E-state index contributed by atoms with van der Waals surface area (Å²) in [5.41, 5.74) is 0. The van der Waals surface area contributed by atoms with Crippen molar-refractivity contribution >= 4 is 0 Å². The molecule has 0 spiro atoms. The summed E-state index contributed by atoms with van der Waals surface area (Å²) in [5.74, 6) is 0. The van der Waals surface area contributed by atoms with E-state index in [1.54, 1.807) is 0 Å². The van der Waals surface area contributed by atoms with E-state index in [1.807, 2.05) is 0 Å². The second-order valence-corrected chi connectivity index (χ2v) is 5.90. The first-order valence-corrected chi connectivity index (χ1v) is 8.10. The minimum absolute atomic E-state index is 0.716. The molecule has 0 aromatic carbocycles. The van der Waals surface area contributed by atoms with Crippen molar-refractivity contribution in [1.29, 1.82) is 0 Å². The fourth-order valence-electron chi connectivity index (χ4n) is 2.39. The number of unbranched alkanes of at least 4 members (excludes halogenated alkanes) is 9. The third-order valence-electron chi connectivity index (χ3n) is 3.53. The summed E-state index contributed by atoms with van der Waals surface area (Å²) < 4.78 is 0.716. The quantitative estimate of drug-likeness (QED) is 0.258. The Balaban J connectivity index is 3.16. The largest absolute Gasteiger partial charge is 0.204 e. The third-order valence-corrected chi connectivity index (χ3v) is 3.53. The molecule has 0 saturated heterocycles. The number of hydrogen-bond acceptors (Lipinski definition) is 1. The SMILES string of the molecule is CCCCCCCCCCCC[N+](C)(C)OCC. The molecule has 0 radical (unpaired) electrons. The first kappa shape index (κ1) is 17.9. The molecule has 0 amide bonds. The van der Waals surface area contributed by atoms with E-state index in [9.17, 15) is 0 Å². The minimum Gasteiger partial charge on any atom is -0.204 e. The molecular weight excluding hydrogens is 222 g/mol. The highest BCUT2D eigenvalue weighted by Crippen LogP contribution is 2.11. The second-order valence-electron chi connectivity index (χ2n) is 5.90. The van der Waals surface area contributed by atoms with E-state index in [0.29, 0.717) is 4.65 Å². The van der Waals surface area contributed by atoms with Crippen molar-refractivity contribution in [2.75, 3.05) is 27.2 Å². The monoisotopic (exact) mass is 258 g/mol. The van der Waals surface area contributed by atoms with Gasteiger partial charge in [-0.05, 0) is 19.8 Å². The van der Waals surface area contributed by atoms with Crippen molar-refractivity contribution in [2.24, 2.45) is 0 Å². The van der Waals surface area contributed by atoms with Crippen molar-refractivity contribution in [2.45, 2.75) is 78.1 Å². The summed E-state index contributed by atoms with van der Waals surface area (Å²) in [4.78, 5) is 5.65. The van der Waals surface area contributed by atoms with Gasteiger partial charge < -0.3 is 0 Å². The van der Waals surface area contributed by atoms with Crippen LogP contribution in [-0.4, -0.2) is 31.9 Å². The molecule has 0 aliphatic carbocycles. The van der Waals surface area contributed by atoms with Crippen molar-refractivity contribution in [3.05, 3.63) is 0 Å². The highest BCUT2D eigenvalue weighted by Gasteiger charge is 2.14. The normalized spacial score (nSPS) is 12.0. The predicted octanol–water partition coefficient (Wildman–Crippen LogP) is 4.94. The van der Waals surface area contributed by atoms with Crippen LogP contribution in [0.2, 0.25) is 0 Å². The van der Waals surface area contributed by atoms with Crippen LogP contribution in [0.4, 0.5) is 0 Å². The summed E-state index contributed by atoms with van der Waals surface area (Å²) >= 11 is 0. The Morgan fingerprint density at radius 1 is 0.667 bits per heavy atom. The summed E-state index contributed by atoms with van der Waals surface area (Å²) in [6.45, 7) is 6.30. The van der Waals surface area contributed by atoms with Crippen molar-refractivity contribution in [1.82, 2.24) is 0 Å². The lowest BCUT2D eigenvalue weighted by Gasteiger charge is -2.26. The molecule has 0 fully saturated rings. The number of hydroxylamine groups is 3. The van der Waals surface area contributed by atoms with Gasteiger partial charge in [-0.15, -0.1) is 0 Å². The van der Waals surface area contributed by atoms with E-state index in [-0.39, 0.29) is 0 Å². The second kappa shape index (κ2) is 12.0. The van der Waals surface area contributed by atoms with E-state index in [4.69, 9.17) is 4.84 Å². The zero-order chi connectivity index (χ0) is 13.7. The van der Waals surface area contributed by atoms with Gasteiger partial charge in [0.05, 0.1) is 14.1 Å². The Bertz CT molecular complexity index is 168.